The number of hydrogen-bond donors (Lipinski definition) is 0. The smallest absolute Gasteiger partial charge is 0.222 e. The monoisotopic (exact) mass is 345 g/mol. The number of piperidine rings is 1. The Morgan fingerprint density at radius 2 is 2.00 bits per heavy atom. The molecule has 1 aromatic rings. The number of piperazine rings is 1. The second kappa shape index (κ2) is 7.24. The van der Waals surface area contributed by atoms with E-state index in [1.165, 1.54) is 5.69 Å². The lowest BCUT2D eigenvalue weighted by Crippen LogP contribution is -2.60. The number of likely N-dealkylation sites (tertiary alicyclic amines) is 1. The molecule has 1 unspecified atom stereocenters. The summed E-state index contributed by atoms with van der Waals surface area (Å²) in [5.74, 6) is 1.82. The van der Waals surface area contributed by atoms with E-state index >= 15 is 0 Å². The maximum atomic E-state index is 11.7. The molecular weight excluding hydrogens is 314 g/mol. The molecule has 0 aromatic heterocycles. The molecule has 0 saturated carbocycles. The average Bonchev–Trinajstić information content (AvgIpc) is 2.57. The zero-order valence-electron chi connectivity index (χ0n) is 16.0. The van der Waals surface area contributed by atoms with E-state index in [4.69, 9.17) is 4.74 Å². The van der Waals surface area contributed by atoms with Gasteiger partial charge in [-0.05, 0) is 38.3 Å². The number of para-hydroxylation sites is 2. The number of carbonyl (C=O) groups is 1. The molecule has 0 radical (unpaired) electrons. The van der Waals surface area contributed by atoms with Crippen LogP contribution in [0.2, 0.25) is 0 Å². The molecule has 2 heterocycles. The van der Waals surface area contributed by atoms with Crippen LogP contribution in [-0.4, -0.2) is 68.1 Å². The molecule has 1 amide bonds. The minimum absolute atomic E-state index is 0.0449. The molecule has 1 aromatic carbocycles. The Balaban J connectivity index is 1.65. The van der Waals surface area contributed by atoms with Crippen LogP contribution in [0.3, 0.4) is 0 Å². The maximum Gasteiger partial charge on any atom is 0.222 e. The molecular formula is C20H31N3O2. The highest BCUT2D eigenvalue weighted by atomic mass is 16.5. The van der Waals surface area contributed by atoms with Crippen LogP contribution in [0.1, 0.15) is 26.7 Å². The van der Waals surface area contributed by atoms with Crippen molar-refractivity contribution in [1.29, 1.82) is 0 Å². The predicted octanol–water partition coefficient (Wildman–Crippen LogP) is 2.46. The van der Waals surface area contributed by atoms with E-state index in [0.29, 0.717) is 12.3 Å². The number of rotatable bonds is 4. The summed E-state index contributed by atoms with van der Waals surface area (Å²) < 4.78 is 5.57. The van der Waals surface area contributed by atoms with Crippen molar-refractivity contribution in [3.05, 3.63) is 24.3 Å². The highest BCUT2D eigenvalue weighted by Crippen LogP contribution is 2.35. The number of anilines is 1. The first-order valence-electron chi connectivity index (χ1n) is 9.27. The molecule has 1 atom stereocenters. The first kappa shape index (κ1) is 18.1. The topological polar surface area (TPSA) is 36.0 Å². The van der Waals surface area contributed by atoms with Gasteiger partial charge in [-0.15, -0.1) is 0 Å². The molecule has 5 nitrogen and oxygen atoms in total. The van der Waals surface area contributed by atoms with Gasteiger partial charge in [0.2, 0.25) is 5.91 Å². The van der Waals surface area contributed by atoms with Gasteiger partial charge in [0.15, 0.2) is 0 Å². The summed E-state index contributed by atoms with van der Waals surface area (Å²) in [6.45, 7) is 9.67. The number of benzene rings is 1. The van der Waals surface area contributed by atoms with Crippen LogP contribution in [0, 0.1) is 5.92 Å². The molecule has 0 bridgehead atoms. The van der Waals surface area contributed by atoms with Gasteiger partial charge < -0.3 is 14.5 Å². The Morgan fingerprint density at radius 3 is 2.68 bits per heavy atom. The summed E-state index contributed by atoms with van der Waals surface area (Å²) in [6, 6.07) is 8.28. The van der Waals surface area contributed by atoms with Crippen LogP contribution in [-0.2, 0) is 4.79 Å². The van der Waals surface area contributed by atoms with Gasteiger partial charge in [-0.2, -0.15) is 0 Å². The van der Waals surface area contributed by atoms with Gasteiger partial charge in [-0.1, -0.05) is 12.1 Å². The molecule has 0 N–H and O–H groups in total. The number of amides is 1. The standard InChI is InChI=1S/C20H31N3O2/c1-20(2)15-22(14-16-9-10-19(24)21(3)13-16)11-12-23(20)17-7-5-6-8-18(17)25-4/h5-8,16H,9-15H2,1-4H3. The van der Waals surface area contributed by atoms with Gasteiger partial charge in [0, 0.05) is 51.7 Å². The molecule has 2 saturated heterocycles. The van der Waals surface area contributed by atoms with Crippen molar-refractivity contribution in [2.75, 3.05) is 51.8 Å². The summed E-state index contributed by atoms with van der Waals surface area (Å²) >= 11 is 0. The Hall–Kier alpha value is -1.75. The molecule has 2 fully saturated rings. The van der Waals surface area contributed by atoms with E-state index in [2.05, 4.69) is 35.8 Å². The van der Waals surface area contributed by atoms with Crippen molar-refractivity contribution in [3.63, 3.8) is 0 Å². The Kier molecular flexibility index (Phi) is 5.23. The Bertz CT molecular complexity index is 617. The predicted molar refractivity (Wildman–Crippen MR) is 101 cm³/mol. The minimum atomic E-state index is 0.0449. The number of hydrogen-bond acceptors (Lipinski definition) is 4. The summed E-state index contributed by atoms with van der Waals surface area (Å²) in [5, 5.41) is 0. The molecule has 5 heteroatoms. The van der Waals surface area contributed by atoms with Crippen LogP contribution in [0.5, 0.6) is 5.75 Å². The second-order valence-electron chi connectivity index (χ2n) is 8.05. The normalized spacial score (nSPS) is 24.5. The van der Waals surface area contributed by atoms with Gasteiger partial charge in [0.05, 0.1) is 12.8 Å². The van der Waals surface area contributed by atoms with E-state index < -0.39 is 0 Å². The third-order valence-electron chi connectivity index (χ3n) is 5.60. The van der Waals surface area contributed by atoms with Gasteiger partial charge in [-0.25, -0.2) is 0 Å². The van der Waals surface area contributed by atoms with Crippen molar-refractivity contribution in [3.8, 4) is 5.75 Å². The van der Waals surface area contributed by atoms with Crippen molar-refractivity contribution in [1.82, 2.24) is 9.80 Å². The van der Waals surface area contributed by atoms with Gasteiger partial charge in [-0.3, -0.25) is 9.69 Å². The van der Waals surface area contributed by atoms with Crippen LogP contribution < -0.4 is 9.64 Å². The Morgan fingerprint density at radius 1 is 1.24 bits per heavy atom. The van der Waals surface area contributed by atoms with E-state index in [-0.39, 0.29) is 11.4 Å². The van der Waals surface area contributed by atoms with E-state index in [1.54, 1.807) is 7.11 Å². The first-order chi connectivity index (χ1) is 11.9. The lowest BCUT2D eigenvalue weighted by atomic mass is 9.93. The molecule has 0 spiro atoms. The second-order valence-corrected chi connectivity index (χ2v) is 8.05. The highest BCUT2D eigenvalue weighted by Gasteiger charge is 2.36. The largest absolute Gasteiger partial charge is 0.495 e. The average molecular weight is 345 g/mol. The zero-order chi connectivity index (χ0) is 18.0. The highest BCUT2D eigenvalue weighted by molar-refractivity contribution is 5.76. The van der Waals surface area contributed by atoms with Gasteiger partial charge in [0.1, 0.15) is 5.75 Å². The third-order valence-corrected chi connectivity index (χ3v) is 5.60. The Labute approximate surface area is 151 Å². The number of methoxy groups -OCH3 is 1. The molecule has 3 rings (SSSR count). The molecule has 25 heavy (non-hydrogen) atoms. The van der Waals surface area contributed by atoms with Crippen molar-refractivity contribution in [2.45, 2.75) is 32.2 Å². The van der Waals surface area contributed by atoms with Crippen LogP contribution in [0.25, 0.3) is 0 Å². The fourth-order valence-corrected chi connectivity index (χ4v) is 4.32. The van der Waals surface area contributed by atoms with Crippen LogP contribution >= 0.6 is 0 Å². The zero-order valence-corrected chi connectivity index (χ0v) is 16.0. The number of nitrogens with zero attached hydrogens (tertiary/aromatic N) is 3. The van der Waals surface area contributed by atoms with Crippen molar-refractivity contribution < 1.29 is 9.53 Å². The fraction of sp³-hybridized carbons (Fsp3) is 0.650. The maximum absolute atomic E-state index is 11.7. The summed E-state index contributed by atoms with van der Waals surface area (Å²) in [5.41, 5.74) is 1.22. The number of ether oxygens (including phenoxy) is 1. The van der Waals surface area contributed by atoms with E-state index in [9.17, 15) is 4.79 Å². The molecule has 2 aliphatic rings. The summed E-state index contributed by atoms with van der Waals surface area (Å²) in [7, 11) is 3.67. The lowest BCUT2D eigenvalue weighted by molar-refractivity contribution is -0.133. The number of carbonyl (C=O) groups excluding carboxylic acids is 1. The van der Waals surface area contributed by atoms with Gasteiger partial charge in [0.25, 0.3) is 0 Å². The quantitative estimate of drug-likeness (QED) is 0.840. The molecule has 2 aliphatic heterocycles. The minimum Gasteiger partial charge on any atom is -0.495 e. The summed E-state index contributed by atoms with van der Waals surface area (Å²) in [6.07, 6.45) is 1.72. The fourth-order valence-electron chi connectivity index (χ4n) is 4.32. The van der Waals surface area contributed by atoms with Crippen LogP contribution in [0.4, 0.5) is 5.69 Å². The third kappa shape index (κ3) is 3.92. The van der Waals surface area contributed by atoms with Crippen LogP contribution in [0.15, 0.2) is 24.3 Å². The van der Waals surface area contributed by atoms with Crippen molar-refractivity contribution >= 4 is 11.6 Å². The van der Waals surface area contributed by atoms with Gasteiger partial charge >= 0.3 is 0 Å². The summed E-state index contributed by atoms with van der Waals surface area (Å²) in [4.78, 5) is 18.6. The molecule has 138 valence electrons. The molecule has 0 aliphatic carbocycles. The van der Waals surface area contributed by atoms with Crippen molar-refractivity contribution in [2.24, 2.45) is 5.92 Å². The van der Waals surface area contributed by atoms with E-state index in [0.717, 1.165) is 44.9 Å². The lowest BCUT2D eigenvalue weighted by Gasteiger charge is -2.49. The SMILES string of the molecule is COc1ccccc1N1CCN(CC2CCC(=O)N(C)C2)CC1(C)C. The van der Waals surface area contributed by atoms with E-state index in [1.807, 2.05) is 24.1 Å². The first-order valence-corrected chi connectivity index (χ1v) is 9.27.